The Labute approximate surface area is 104 Å². The number of amides is 1. The zero-order chi connectivity index (χ0) is 13.3. The molecule has 2 rings (SSSR count). The van der Waals surface area contributed by atoms with E-state index in [1.807, 2.05) is 0 Å². The van der Waals surface area contributed by atoms with Crippen molar-refractivity contribution in [2.75, 3.05) is 5.73 Å². The number of nitro benzene ring substituents is 1. The summed E-state index contributed by atoms with van der Waals surface area (Å²) in [6.45, 7) is 2.06. The number of anilines is 1. The van der Waals surface area contributed by atoms with Crippen molar-refractivity contribution in [1.82, 2.24) is 5.32 Å². The second-order valence-corrected chi connectivity index (χ2v) is 4.48. The van der Waals surface area contributed by atoms with Crippen LogP contribution in [0.3, 0.4) is 0 Å². The Bertz CT molecular complexity index is 501. The molecule has 1 aliphatic rings. The Morgan fingerprint density at radius 2 is 2.33 bits per heavy atom. The molecule has 1 aliphatic carbocycles. The summed E-state index contributed by atoms with van der Waals surface area (Å²) in [4.78, 5) is 22.3. The van der Waals surface area contributed by atoms with E-state index in [4.69, 9.17) is 5.73 Å². The van der Waals surface area contributed by atoms with Crippen molar-refractivity contribution in [1.29, 1.82) is 0 Å². The van der Waals surface area contributed by atoms with Crippen LogP contribution < -0.4 is 11.1 Å². The smallest absolute Gasteiger partial charge is 0.304 e. The van der Waals surface area contributed by atoms with Gasteiger partial charge in [-0.05, 0) is 24.5 Å². The SMILES string of the molecule is CCC1CC1NC(=O)c1cccc(N)c1[N+](=O)[O-]. The molecule has 3 N–H and O–H groups in total. The molecular weight excluding hydrogens is 234 g/mol. The molecule has 1 aromatic rings. The fourth-order valence-corrected chi connectivity index (χ4v) is 2.07. The summed E-state index contributed by atoms with van der Waals surface area (Å²) in [6.07, 6.45) is 1.95. The predicted molar refractivity (Wildman–Crippen MR) is 67.2 cm³/mol. The first-order chi connectivity index (χ1) is 8.54. The lowest BCUT2D eigenvalue weighted by Gasteiger charge is -2.06. The fourth-order valence-electron chi connectivity index (χ4n) is 2.07. The third-order valence-corrected chi connectivity index (χ3v) is 3.26. The van der Waals surface area contributed by atoms with E-state index in [1.54, 1.807) is 6.07 Å². The summed E-state index contributed by atoms with van der Waals surface area (Å²) < 4.78 is 0. The monoisotopic (exact) mass is 249 g/mol. The highest BCUT2D eigenvalue weighted by molar-refractivity contribution is 6.00. The summed E-state index contributed by atoms with van der Waals surface area (Å²) in [6, 6.07) is 4.53. The maximum atomic E-state index is 12.0. The number of hydrogen-bond donors (Lipinski definition) is 2. The van der Waals surface area contributed by atoms with Gasteiger partial charge in [-0.1, -0.05) is 19.4 Å². The Hall–Kier alpha value is -2.11. The number of nitrogen functional groups attached to an aromatic ring is 1. The van der Waals surface area contributed by atoms with E-state index in [1.165, 1.54) is 12.1 Å². The molecule has 0 aromatic heterocycles. The van der Waals surface area contributed by atoms with Crippen molar-refractivity contribution in [2.45, 2.75) is 25.8 Å². The van der Waals surface area contributed by atoms with Gasteiger partial charge >= 0.3 is 5.69 Å². The molecule has 1 fully saturated rings. The molecule has 0 radical (unpaired) electrons. The molecule has 0 bridgehead atoms. The van der Waals surface area contributed by atoms with E-state index in [0.29, 0.717) is 5.92 Å². The molecular formula is C12H15N3O3. The molecule has 2 unspecified atom stereocenters. The Morgan fingerprint density at radius 3 is 2.89 bits per heavy atom. The number of nitrogens with two attached hydrogens (primary N) is 1. The minimum absolute atomic E-state index is 0.00971. The van der Waals surface area contributed by atoms with E-state index >= 15 is 0 Å². The normalized spacial score (nSPS) is 21.4. The number of carbonyl (C=O) groups excluding carboxylic acids is 1. The lowest BCUT2D eigenvalue weighted by Crippen LogP contribution is -2.27. The highest BCUT2D eigenvalue weighted by Gasteiger charge is 2.37. The van der Waals surface area contributed by atoms with Crippen molar-refractivity contribution in [3.63, 3.8) is 0 Å². The molecule has 0 heterocycles. The van der Waals surface area contributed by atoms with Crippen molar-refractivity contribution in [3.8, 4) is 0 Å². The lowest BCUT2D eigenvalue weighted by atomic mass is 10.1. The largest absolute Gasteiger partial charge is 0.393 e. The van der Waals surface area contributed by atoms with Crippen LogP contribution in [-0.2, 0) is 0 Å². The minimum Gasteiger partial charge on any atom is -0.393 e. The Kier molecular flexibility index (Phi) is 3.18. The maximum Gasteiger partial charge on any atom is 0.304 e. The van der Waals surface area contributed by atoms with Crippen molar-refractivity contribution >= 4 is 17.3 Å². The molecule has 6 heteroatoms. The number of para-hydroxylation sites is 1. The summed E-state index contributed by atoms with van der Waals surface area (Å²) >= 11 is 0. The molecule has 1 aromatic carbocycles. The molecule has 1 saturated carbocycles. The maximum absolute atomic E-state index is 12.0. The van der Waals surface area contributed by atoms with Crippen LogP contribution in [0.5, 0.6) is 0 Å². The fraction of sp³-hybridized carbons (Fsp3) is 0.417. The van der Waals surface area contributed by atoms with Gasteiger partial charge in [0.25, 0.3) is 5.91 Å². The van der Waals surface area contributed by atoms with Crippen LogP contribution in [0.4, 0.5) is 11.4 Å². The number of nitrogens with one attached hydrogen (secondary N) is 1. The molecule has 0 spiro atoms. The van der Waals surface area contributed by atoms with Crippen LogP contribution in [0.1, 0.15) is 30.1 Å². The average molecular weight is 249 g/mol. The van der Waals surface area contributed by atoms with Crippen molar-refractivity contribution in [3.05, 3.63) is 33.9 Å². The second-order valence-electron chi connectivity index (χ2n) is 4.48. The van der Waals surface area contributed by atoms with Gasteiger partial charge in [0.1, 0.15) is 11.3 Å². The molecule has 0 aliphatic heterocycles. The summed E-state index contributed by atoms with van der Waals surface area (Å²) in [5, 5.41) is 13.7. The van der Waals surface area contributed by atoms with E-state index in [0.717, 1.165) is 12.8 Å². The van der Waals surface area contributed by atoms with E-state index in [-0.39, 0.29) is 23.0 Å². The highest BCUT2D eigenvalue weighted by atomic mass is 16.6. The number of nitro groups is 1. The first-order valence-electron chi connectivity index (χ1n) is 5.88. The summed E-state index contributed by atoms with van der Waals surface area (Å²) in [5.41, 5.74) is 5.26. The van der Waals surface area contributed by atoms with Gasteiger partial charge in [-0.15, -0.1) is 0 Å². The number of benzene rings is 1. The molecule has 6 nitrogen and oxygen atoms in total. The highest BCUT2D eigenvalue weighted by Crippen LogP contribution is 2.34. The van der Waals surface area contributed by atoms with Crippen LogP contribution in [0.15, 0.2) is 18.2 Å². The van der Waals surface area contributed by atoms with Gasteiger partial charge in [-0.3, -0.25) is 14.9 Å². The van der Waals surface area contributed by atoms with Gasteiger partial charge in [0.15, 0.2) is 0 Å². The van der Waals surface area contributed by atoms with Gasteiger partial charge in [0.05, 0.1) is 4.92 Å². The van der Waals surface area contributed by atoms with Gasteiger partial charge in [-0.25, -0.2) is 0 Å². The van der Waals surface area contributed by atoms with Crippen LogP contribution in [0, 0.1) is 16.0 Å². The first kappa shape index (κ1) is 12.3. The zero-order valence-corrected chi connectivity index (χ0v) is 10.1. The van der Waals surface area contributed by atoms with Crippen molar-refractivity contribution < 1.29 is 9.72 Å². The third-order valence-electron chi connectivity index (χ3n) is 3.26. The van der Waals surface area contributed by atoms with Gasteiger partial charge < -0.3 is 11.1 Å². The van der Waals surface area contributed by atoms with Crippen molar-refractivity contribution in [2.24, 2.45) is 5.92 Å². The summed E-state index contributed by atoms with van der Waals surface area (Å²) in [5.74, 6) is 0.0732. The summed E-state index contributed by atoms with van der Waals surface area (Å²) in [7, 11) is 0. The topological polar surface area (TPSA) is 98.3 Å². The number of rotatable bonds is 4. The van der Waals surface area contributed by atoms with Crippen LogP contribution in [0.25, 0.3) is 0 Å². The predicted octanol–water partition coefficient (Wildman–Crippen LogP) is 1.71. The van der Waals surface area contributed by atoms with E-state index in [9.17, 15) is 14.9 Å². The van der Waals surface area contributed by atoms with Gasteiger partial charge in [-0.2, -0.15) is 0 Å². The third kappa shape index (κ3) is 2.27. The zero-order valence-electron chi connectivity index (χ0n) is 10.1. The van der Waals surface area contributed by atoms with E-state index < -0.39 is 10.8 Å². The molecule has 96 valence electrons. The van der Waals surface area contributed by atoms with Crippen LogP contribution in [-0.4, -0.2) is 16.9 Å². The minimum atomic E-state index is -0.617. The van der Waals surface area contributed by atoms with Gasteiger partial charge in [0, 0.05) is 6.04 Å². The Morgan fingerprint density at radius 1 is 1.61 bits per heavy atom. The molecule has 0 saturated heterocycles. The average Bonchev–Trinajstić information content (AvgIpc) is 3.06. The van der Waals surface area contributed by atoms with Crippen LogP contribution in [0.2, 0.25) is 0 Å². The van der Waals surface area contributed by atoms with Crippen LogP contribution >= 0.6 is 0 Å². The van der Waals surface area contributed by atoms with Gasteiger partial charge in [0.2, 0.25) is 0 Å². The standard InChI is InChI=1S/C12H15N3O3/c1-2-7-6-10(7)14-12(16)8-4-3-5-9(13)11(8)15(17)18/h3-5,7,10H,2,6,13H2,1H3,(H,14,16). The lowest BCUT2D eigenvalue weighted by molar-refractivity contribution is -0.384. The number of hydrogen-bond acceptors (Lipinski definition) is 4. The number of nitrogens with zero attached hydrogens (tertiary/aromatic N) is 1. The quantitative estimate of drug-likeness (QED) is 0.482. The van der Waals surface area contributed by atoms with E-state index in [2.05, 4.69) is 12.2 Å². The molecule has 18 heavy (non-hydrogen) atoms. The second kappa shape index (κ2) is 4.64. The Balaban J connectivity index is 2.20. The molecule has 2 atom stereocenters. The molecule has 1 amide bonds. The number of carbonyl (C=O) groups is 1. The first-order valence-corrected chi connectivity index (χ1v) is 5.88.